The highest BCUT2D eigenvalue weighted by Crippen LogP contribution is 2.21. The van der Waals surface area contributed by atoms with Crippen molar-refractivity contribution >= 4 is 21.9 Å². The monoisotopic (exact) mass is 373 g/mol. The third-order valence-corrected chi connectivity index (χ3v) is 5.08. The minimum atomic E-state index is 0.767. The highest BCUT2D eigenvalue weighted by molar-refractivity contribution is 5.84. The molecular formula is C27H19NO. The number of rotatable bonds is 3. The van der Waals surface area contributed by atoms with Crippen LogP contribution < -0.4 is 0 Å². The molecule has 1 aromatic heterocycles. The Bertz CT molecular complexity index is 1350. The van der Waals surface area contributed by atoms with E-state index in [1.54, 1.807) is 0 Å². The Morgan fingerprint density at radius 2 is 1.55 bits per heavy atom. The second-order valence-corrected chi connectivity index (χ2v) is 7.19. The van der Waals surface area contributed by atoms with E-state index >= 15 is 0 Å². The molecule has 138 valence electrons. The minimum absolute atomic E-state index is 0.767. The zero-order valence-corrected chi connectivity index (χ0v) is 15.9. The van der Waals surface area contributed by atoms with E-state index in [0.29, 0.717) is 0 Å². The fourth-order valence-corrected chi connectivity index (χ4v) is 3.58. The molecule has 0 N–H and O–H groups in total. The molecule has 0 radical (unpaired) electrons. The molecule has 2 nitrogen and oxygen atoms in total. The van der Waals surface area contributed by atoms with E-state index in [9.17, 15) is 0 Å². The van der Waals surface area contributed by atoms with Gasteiger partial charge in [0.1, 0.15) is 5.52 Å². The second kappa shape index (κ2) is 7.66. The molecule has 2 heteroatoms. The van der Waals surface area contributed by atoms with Crippen LogP contribution in [0.2, 0.25) is 0 Å². The quantitative estimate of drug-likeness (QED) is 0.354. The van der Waals surface area contributed by atoms with Crippen LogP contribution in [0.15, 0.2) is 95.7 Å². The molecule has 0 aliphatic rings. The Balaban J connectivity index is 1.39. The molecule has 0 aliphatic heterocycles. The Kier molecular flexibility index (Phi) is 4.56. The molecule has 0 atom stereocenters. The first-order chi connectivity index (χ1) is 14.3. The number of fused-ring (bicyclic) bond motifs is 2. The van der Waals surface area contributed by atoms with E-state index in [2.05, 4.69) is 89.6 Å². The van der Waals surface area contributed by atoms with Gasteiger partial charge < -0.3 is 4.42 Å². The molecule has 0 fully saturated rings. The first-order valence-corrected chi connectivity index (χ1v) is 9.71. The zero-order valence-electron chi connectivity index (χ0n) is 15.9. The molecule has 4 aromatic carbocycles. The molecule has 1 heterocycles. The van der Waals surface area contributed by atoms with E-state index in [1.807, 2.05) is 12.1 Å². The van der Waals surface area contributed by atoms with Crippen molar-refractivity contribution in [3.05, 3.63) is 114 Å². The normalized spacial score (nSPS) is 10.8. The van der Waals surface area contributed by atoms with Crippen LogP contribution >= 0.6 is 0 Å². The number of aromatic nitrogens is 1. The summed E-state index contributed by atoms with van der Waals surface area (Å²) in [6.45, 7) is 0. The molecule has 0 saturated heterocycles. The van der Waals surface area contributed by atoms with Crippen molar-refractivity contribution in [2.24, 2.45) is 0 Å². The van der Waals surface area contributed by atoms with Crippen molar-refractivity contribution in [1.29, 1.82) is 0 Å². The molecular weight excluding hydrogens is 354 g/mol. The third-order valence-electron chi connectivity index (χ3n) is 5.08. The lowest BCUT2D eigenvalue weighted by molar-refractivity contribution is 0.602. The third kappa shape index (κ3) is 3.90. The lowest BCUT2D eigenvalue weighted by atomic mass is 9.99. The molecule has 0 aliphatic carbocycles. The van der Waals surface area contributed by atoms with Gasteiger partial charge in [-0.15, -0.1) is 0 Å². The fraction of sp³-hybridized carbons (Fsp3) is 0.0741. The number of hydrogen-bond acceptors (Lipinski definition) is 2. The Labute approximate surface area is 169 Å². The number of nitrogens with zero attached hydrogens (tertiary/aromatic N) is 1. The summed E-state index contributed by atoms with van der Waals surface area (Å²) in [4.78, 5) is 4.25. The van der Waals surface area contributed by atoms with Crippen LogP contribution in [-0.2, 0) is 12.8 Å². The van der Waals surface area contributed by atoms with Gasteiger partial charge in [0, 0.05) is 12.0 Å². The number of oxazole rings is 1. The molecule has 5 aromatic rings. The lowest BCUT2D eigenvalue weighted by Crippen LogP contribution is -1.89. The Hall–Kier alpha value is -3.83. The zero-order chi connectivity index (χ0) is 19.5. The first-order valence-electron chi connectivity index (χ1n) is 9.71. The first kappa shape index (κ1) is 17.3. The summed E-state index contributed by atoms with van der Waals surface area (Å²) in [6, 6.07) is 29.6. The fourth-order valence-electron chi connectivity index (χ4n) is 3.58. The molecule has 0 unspecified atom stereocenters. The van der Waals surface area contributed by atoms with Crippen LogP contribution in [0, 0.1) is 11.8 Å². The molecule has 0 amide bonds. The summed E-state index contributed by atoms with van der Waals surface area (Å²) >= 11 is 0. The van der Waals surface area contributed by atoms with Gasteiger partial charge in [0.15, 0.2) is 12.0 Å². The second-order valence-electron chi connectivity index (χ2n) is 7.19. The summed E-state index contributed by atoms with van der Waals surface area (Å²) in [5.41, 5.74) is 6.52. The largest absolute Gasteiger partial charge is 0.443 e. The van der Waals surface area contributed by atoms with Gasteiger partial charge in [-0.3, -0.25) is 0 Å². The van der Waals surface area contributed by atoms with Gasteiger partial charge >= 0.3 is 0 Å². The molecule has 0 spiro atoms. The number of benzene rings is 4. The Morgan fingerprint density at radius 1 is 0.724 bits per heavy atom. The van der Waals surface area contributed by atoms with Gasteiger partial charge in [0.2, 0.25) is 0 Å². The van der Waals surface area contributed by atoms with E-state index in [1.165, 1.54) is 33.9 Å². The maximum absolute atomic E-state index is 5.33. The van der Waals surface area contributed by atoms with Crippen molar-refractivity contribution in [2.45, 2.75) is 12.8 Å². The minimum Gasteiger partial charge on any atom is -0.443 e. The SMILES string of the molecule is C(#Cc1ccc2ccc(Cc3ccc4ocnc4c3)cc2c1)Cc1ccccc1. The van der Waals surface area contributed by atoms with Gasteiger partial charge in [-0.1, -0.05) is 72.5 Å². The van der Waals surface area contributed by atoms with Crippen LogP contribution in [0.3, 0.4) is 0 Å². The van der Waals surface area contributed by atoms with Crippen molar-refractivity contribution in [2.75, 3.05) is 0 Å². The highest BCUT2D eigenvalue weighted by Gasteiger charge is 2.03. The standard InChI is InChI=1S/C27H19NO/c1-2-5-20(6-3-1)7-4-8-21-9-12-24-13-10-22(17-25(24)16-21)15-23-11-14-27-26(18-23)28-19-29-27/h1-3,5-6,9-14,16-19H,7,15H2. The average molecular weight is 373 g/mol. The summed E-state index contributed by atoms with van der Waals surface area (Å²) < 4.78 is 5.33. The lowest BCUT2D eigenvalue weighted by Gasteiger charge is -2.05. The summed E-state index contributed by atoms with van der Waals surface area (Å²) in [5.74, 6) is 6.59. The van der Waals surface area contributed by atoms with Gasteiger partial charge in [-0.2, -0.15) is 0 Å². The predicted octanol–water partition coefficient (Wildman–Crippen LogP) is 6.17. The van der Waals surface area contributed by atoms with Crippen molar-refractivity contribution in [1.82, 2.24) is 4.98 Å². The van der Waals surface area contributed by atoms with Crippen molar-refractivity contribution < 1.29 is 4.42 Å². The molecule has 29 heavy (non-hydrogen) atoms. The van der Waals surface area contributed by atoms with E-state index in [4.69, 9.17) is 4.42 Å². The molecule has 0 saturated carbocycles. The molecule has 0 bridgehead atoms. The van der Waals surface area contributed by atoms with E-state index in [-0.39, 0.29) is 0 Å². The summed E-state index contributed by atoms with van der Waals surface area (Å²) in [6.07, 6.45) is 3.12. The van der Waals surface area contributed by atoms with Crippen molar-refractivity contribution in [3.8, 4) is 11.8 Å². The summed E-state index contributed by atoms with van der Waals surface area (Å²) in [7, 11) is 0. The van der Waals surface area contributed by atoms with E-state index in [0.717, 1.165) is 29.5 Å². The van der Waals surface area contributed by atoms with Crippen LogP contribution in [0.25, 0.3) is 21.9 Å². The predicted molar refractivity (Wildman–Crippen MR) is 118 cm³/mol. The Morgan fingerprint density at radius 3 is 2.48 bits per heavy atom. The topological polar surface area (TPSA) is 26.0 Å². The average Bonchev–Trinajstić information content (AvgIpc) is 3.22. The maximum Gasteiger partial charge on any atom is 0.181 e. The highest BCUT2D eigenvalue weighted by atomic mass is 16.3. The number of hydrogen-bond donors (Lipinski definition) is 0. The van der Waals surface area contributed by atoms with Gasteiger partial charge in [-0.25, -0.2) is 4.98 Å². The smallest absolute Gasteiger partial charge is 0.181 e. The van der Waals surface area contributed by atoms with Gasteiger partial charge in [0.05, 0.1) is 0 Å². The van der Waals surface area contributed by atoms with Gasteiger partial charge in [0.25, 0.3) is 0 Å². The summed E-state index contributed by atoms with van der Waals surface area (Å²) in [5, 5.41) is 2.45. The van der Waals surface area contributed by atoms with Crippen LogP contribution in [0.5, 0.6) is 0 Å². The van der Waals surface area contributed by atoms with Crippen molar-refractivity contribution in [3.63, 3.8) is 0 Å². The van der Waals surface area contributed by atoms with Crippen LogP contribution in [0.1, 0.15) is 22.3 Å². The van der Waals surface area contributed by atoms with Crippen LogP contribution in [-0.4, -0.2) is 4.98 Å². The maximum atomic E-state index is 5.33. The van der Waals surface area contributed by atoms with Gasteiger partial charge in [-0.05, 0) is 58.1 Å². The van der Waals surface area contributed by atoms with Crippen LogP contribution in [0.4, 0.5) is 0 Å². The molecule has 5 rings (SSSR count). The van der Waals surface area contributed by atoms with E-state index < -0.39 is 0 Å².